The van der Waals surface area contributed by atoms with Crippen LogP contribution < -0.4 is 5.32 Å². The summed E-state index contributed by atoms with van der Waals surface area (Å²) in [5, 5.41) is 3.74. The SMILES string of the molecule is COC(=O)CCNC12CC3CC(C)(CC(C)(C3)C1)C2. The molecule has 4 fully saturated rings. The predicted molar refractivity (Wildman–Crippen MR) is 74.8 cm³/mol. The molecule has 0 aromatic rings. The molecule has 4 aliphatic carbocycles. The maximum Gasteiger partial charge on any atom is 0.306 e. The second kappa shape index (κ2) is 4.21. The smallest absolute Gasteiger partial charge is 0.306 e. The van der Waals surface area contributed by atoms with Crippen molar-refractivity contribution in [3.63, 3.8) is 0 Å². The van der Waals surface area contributed by atoms with Gasteiger partial charge in [0.1, 0.15) is 0 Å². The number of hydrogen-bond acceptors (Lipinski definition) is 3. The standard InChI is InChI=1S/C16H27NO2/c1-14-6-12-7-15(2,9-14)11-16(8-12,10-14)17-5-4-13(18)19-3/h12,17H,4-11H2,1-3H3. The molecule has 2 atom stereocenters. The van der Waals surface area contributed by atoms with Crippen LogP contribution in [0.1, 0.15) is 58.8 Å². The van der Waals surface area contributed by atoms with Crippen molar-refractivity contribution in [1.29, 1.82) is 0 Å². The average molecular weight is 265 g/mol. The number of ether oxygens (including phenoxy) is 1. The summed E-state index contributed by atoms with van der Waals surface area (Å²) in [6.07, 6.45) is 8.65. The zero-order valence-corrected chi connectivity index (χ0v) is 12.6. The van der Waals surface area contributed by atoms with E-state index in [2.05, 4.69) is 19.2 Å². The number of hydrogen-bond donors (Lipinski definition) is 1. The van der Waals surface area contributed by atoms with Crippen LogP contribution >= 0.6 is 0 Å². The predicted octanol–water partition coefficient (Wildman–Crippen LogP) is 2.89. The first-order chi connectivity index (χ1) is 8.86. The largest absolute Gasteiger partial charge is 0.469 e. The van der Waals surface area contributed by atoms with Crippen LogP contribution in [-0.4, -0.2) is 25.2 Å². The summed E-state index contributed by atoms with van der Waals surface area (Å²) < 4.78 is 4.73. The van der Waals surface area contributed by atoms with E-state index in [0.717, 1.165) is 12.5 Å². The number of esters is 1. The van der Waals surface area contributed by atoms with E-state index < -0.39 is 0 Å². The fourth-order valence-electron chi connectivity index (χ4n) is 6.18. The molecule has 4 aliphatic rings. The molecule has 3 heteroatoms. The first-order valence-corrected chi connectivity index (χ1v) is 7.68. The van der Waals surface area contributed by atoms with Gasteiger partial charge >= 0.3 is 5.97 Å². The molecular formula is C16H27NO2. The Kier molecular flexibility index (Phi) is 2.97. The van der Waals surface area contributed by atoms with Crippen molar-refractivity contribution in [2.75, 3.05) is 13.7 Å². The molecule has 19 heavy (non-hydrogen) atoms. The van der Waals surface area contributed by atoms with Crippen LogP contribution in [0, 0.1) is 16.7 Å². The fraction of sp³-hybridized carbons (Fsp3) is 0.938. The van der Waals surface area contributed by atoms with Gasteiger partial charge in [-0.2, -0.15) is 0 Å². The molecule has 3 nitrogen and oxygen atoms in total. The summed E-state index contributed by atoms with van der Waals surface area (Å²) in [6, 6.07) is 0. The van der Waals surface area contributed by atoms with Gasteiger partial charge in [-0.3, -0.25) is 4.79 Å². The number of methoxy groups -OCH3 is 1. The third-order valence-corrected chi connectivity index (χ3v) is 5.68. The van der Waals surface area contributed by atoms with Crippen molar-refractivity contribution in [3.05, 3.63) is 0 Å². The van der Waals surface area contributed by atoms with Crippen LogP contribution in [0.3, 0.4) is 0 Å². The molecule has 0 saturated heterocycles. The normalized spacial score (nSPS) is 47.4. The topological polar surface area (TPSA) is 38.3 Å². The summed E-state index contributed by atoms with van der Waals surface area (Å²) in [7, 11) is 1.47. The lowest BCUT2D eigenvalue weighted by molar-refractivity contribution is -0.141. The minimum Gasteiger partial charge on any atom is -0.469 e. The van der Waals surface area contributed by atoms with Crippen LogP contribution in [0.2, 0.25) is 0 Å². The first-order valence-electron chi connectivity index (χ1n) is 7.68. The third-order valence-electron chi connectivity index (χ3n) is 5.68. The summed E-state index contributed by atoms with van der Waals surface area (Å²) in [6.45, 7) is 5.73. The monoisotopic (exact) mass is 265 g/mol. The maximum atomic E-state index is 11.3. The van der Waals surface area contributed by atoms with Gasteiger partial charge in [-0.25, -0.2) is 0 Å². The van der Waals surface area contributed by atoms with Crippen LogP contribution in [-0.2, 0) is 9.53 Å². The van der Waals surface area contributed by atoms with Gasteiger partial charge in [0, 0.05) is 12.1 Å². The fourth-order valence-corrected chi connectivity index (χ4v) is 6.18. The minimum atomic E-state index is -0.102. The van der Waals surface area contributed by atoms with Crippen molar-refractivity contribution in [3.8, 4) is 0 Å². The second-order valence-electron chi connectivity index (χ2n) is 8.16. The molecule has 1 N–H and O–H groups in total. The molecule has 4 saturated carbocycles. The van der Waals surface area contributed by atoms with E-state index in [1.807, 2.05) is 0 Å². The van der Waals surface area contributed by atoms with E-state index in [9.17, 15) is 4.79 Å². The molecular weight excluding hydrogens is 238 g/mol. The Morgan fingerprint density at radius 3 is 2.32 bits per heavy atom. The lowest BCUT2D eigenvalue weighted by Gasteiger charge is -2.65. The highest BCUT2D eigenvalue weighted by atomic mass is 16.5. The minimum absolute atomic E-state index is 0.102. The number of nitrogens with one attached hydrogen (secondary N) is 1. The lowest BCUT2D eigenvalue weighted by atomic mass is 9.43. The summed E-state index contributed by atoms with van der Waals surface area (Å²) >= 11 is 0. The molecule has 4 rings (SSSR count). The highest BCUT2D eigenvalue weighted by Crippen LogP contribution is 2.66. The Hall–Kier alpha value is -0.570. The van der Waals surface area contributed by atoms with Crippen molar-refractivity contribution < 1.29 is 9.53 Å². The summed E-state index contributed by atoms with van der Waals surface area (Å²) in [4.78, 5) is 11.3. The Morgan fingerprint density at radius 2 is 1.79 bits per heavy atom. The third kappa shape index (κ3) is 2.42. The Balaban J connectivity index is 1.68. The number of carbonyl (C=O) groups excluding carboxylic acids is 1. The van der Waals surface area contributed by atoms with Crippen LogP contribution in [0.4, 0.5) is 0 Å². The van der Waals surface area contributed by atoms with E-state index in [1.165, 1.54) is 45.6 Å². The van der Waals surface area contributed by atoms with Gasteiger partial charge in [0.2, 0.25) is 0 Å². The quantitative estimate of drug-likeness (QED) is 0.794. The average Bonchev–Trinajstić information content (AvgIpc) is 2.23. The van der Waals surface area contributed by atoms with Gasteiger partial charge in [-0.05, 0) is 55.3 Å². The van der Waals surface area contributed by atoms with Crippen molar-refractivity contribution >= 4 is 5.97 Å². The number of carbonyl (C=O) groups is 1. The Bertz CT molecular complexity index is 374. The molecule has 4 bridgehead atoms. The Morgan fingerprint density at radius 1 is 1.16 bits per heavy atom. The molecule has 108 valence electrons. The zero-order valence-electron chi connectivity index (χ0n) is 12.6. The van der Waals surface area contributed by atoms with Gasteiger partial charge in [0.25, 0.3) is 0 Å². The van der Waals surface area contributed by atoms with Crippen LogP contribution in [0.15, 0.2) is 0 Å². The van der Waals surface area contributed by atoms with E-state index >= 15 is 0 Å². The summed E-state index contributed by atoms with van der Waals surface area (Å²) in [5.41, 5.74) is 1.37. The van der Waals surface area contributed by atoms with E-state index in [1.54, 1.807) is 0 Å². The van der Waals surface area contributed by atoms with Crippen molar-refractivity contribution in [1.82, 2.24) is 5.32 Å². The molecule has 0 amide bonds. The van der Waals surface area contributed by atoms with Gasteiger partial charge in [-0.1, -0.05) is 13.8 Å². The summed E-state index contributed by atoms with van der Waals surface area (Å²) in [5.74, 6) is 0.798. The maximum absolute atomic E-state index is 11.3. The zero-order chi connectivity index (χ0) is 13.7. The molecule has 0 heterocycles. The number of rotatable bonds is 4. The van der Waals surface area contributed by atoms with Crippen molar-refractivity contribution in [2.45, 2.75) is 64.3 Å². The van der Waals surface area contributed by atoms with Gasteiger partial charge in [0.05, 0.1) is 13.5 Å². The molecule has 0 aromatic carbocycles. The van der Waals surface area contributed by atoms with E-state index in [4.69, 9.17) is 4.74 Å². The van der Waals surface area contributed by atoms with Gasteiger partial charge < -0.3 is 10.1 Å². The van der Waals surface area contributed by atoms with Crippen molar-refractivity contribution in [2.24, 2.45) is 16.7 Å². The van der Waals surface area contributed by atoms with E-state index in [-0.39, 0.29) is 5.97 Å². The van der Waals surface area contributed by atoms with Gasteiger partial charge in [-0.15, -0.1) is 0 Å². The van der Waals surface area contributed by atoms with E-state index in [0.29, 0.717) is 22.8 Å². The van der Waals surface area contributed by atoms with Crippen LogP contribution in [0.5, 0.6) is 0 Å². The highest BCUT2D eigenvalue weighted by Gasteiger charge is 2.59. The van der Waals surface area contributed by atoms with Crippen LogP contribution in [0.25, 0.3) is 0 Å². The lowest BCUT2D eigenvalue weighted by Crippen LogP contribution is -2.64. The second-order valence-corrected chi connectivity index (χ2v) is 8.16. The molecule has 0 aromatic heterocycles. The highest BCUT2D eigenvalue weighted by molar-refractivity contribution is 5.69. The molecule has 0 radical (unpaired) electrons. The molecule has 2 unspecified atom stereocenters. The van der Waals surface area contributed by atoms with Gasteiger partial charge in [0.15, 0.2) is 0 Å². The molecule has 0 aliphatic heterocycles. The first kappa shape index (κ1) is 13.4. The molecule has 0 spiro atoms. The Labute approximate surface area is 116 Å².